The van der Waals surface area contributed by atoms with Gasteiger partial charge in [0.25, 0.3) is 0 Å². The van der Waals surface area contributed by atoms with Crippen molar-refractivity contribution in [2.24, 2.45) is 0 Å². The molecule has 0 spiro atoms. The van der Waals surface area contributed by atoms with Crippen molar-refractivity contribution in [2.75, 3.05) is 6.61 Å². The predicted octanol–water partition coefficient (Wildman–Crippen LogP) is 4.90. The van der Waals surface area contributed by atoms with Crippen LogP contribution >= 0.6 is 11.6 Å². The molecule has 1 N–H and O–H groups in total. The van der Waals surface area contributed by atoms with Crippen molar-refractivity contribution in [3.63, 3.8) is 0 Å². The van der Waals surface area contributed by atoms with Crippen molar-refractivity contribution in [3.05, 3.63) is 70.1 Å². The maximum atomic E-state index is 14.1. The summed E-state index contributed by atoms with van der Waals surface area (Å²) in [5.41, 5.74) is 0.0261. The molecule has 0 radical (unpaired) electrons. The van der Waals surface area contributed by atoms with Gasteiger partial charge in [-0.2, -0.15) is 18.3 Å². The monoisotopic (exact) mass is 384 g/mol. The highest BCUT2D eigenvalue weighted by molar-refractivity contribution is 6.30. The van der Waals surface area contributed by atoms with Crippen LogP contribution in [0.15, 0.2) is 42.5 Å². The summed E-state index contributed by atoms with van der Waals surface area (Å²) in [6, 6.07) is 7.36. The zero-order valence-electron chi connectivity index (χ0n) is 13.3. The van der Waals surface area contributed by atoms with E-state index < -0.39 is 17.6 Å². The van der Waals surface area contributed by atoms with Gasteiger partial charge in [0.1, 0.15) is 5.82 Å². The molecule has 0 amide bonds. The Hall–Kier alpha value is -2.38. The van der Waals surface area contributed by atoms with Crippen LogP contribution in [0.25, 0.3) is 17.0 Å². The summed E-state index contributed by atoms with van der Waals surface area (Å²) in [7, 11) is 0. The van der Waals surface area contributed by atoms with Crippen LogP contribution in [0.4, 0.5) is 17.6 Å². The number of aliphatic hydroxyl groups excluding tert-OH is 1. The minimum Gasteiger partial charge on any atom is -0.392 e. The molecule has 3 aromatic rings. The van der Waals surface area contributed by atoms with Crippen LogP contribution in [0.3, 0.4) is 0 Å². The number of rotatable bonds is 4. The molecule has 3 rings (SSSR count). The van der Waals surface area contributed by atoms with E-state index >= 15 is 0 Å². The van der Waals surface area contributed by atoms with Gasteiger partial charge in [-0.1, -0.05) is 23.7 Å². The number of halogens is 5. The molecule has 0 bridgehead atoms. The van der Waals surface area contributed by atoms with Crippen molar-refractivity contribution < 1.29 is 22.7 Å². The first-order valence-electron chi connectivity index (χ1n) is 7.58. The van der Waals surface area contributed by atoms with Crippen LogP contribution in [0.5, 0.6) is 0 Å². The third-order valence-electron chi connectivity index (χ3n) is 3.82. The van der Waals surface area contributed by atoms with Crippen molar-refractivity contribution in [1.29, 1.82) is 0 Å². The summed E-state index contributed by atoms with van der Waals surface area (Å²) >= 11 is 5.73. The number of aliphatic hydroxyl groups is 1. The zero-order valence-corrected chi connectivity index (χ0v) is 14.0. The lowest BCUT2D eigenvalue weighted by Crippen LogP contribution is -2.07. The van der Waals surface area contributed by atoms with Crippen LogP contribution in [0.2, 0.25) is 5.02 Å². The van der Waals surface area contributed by atoms with Crippen LogP contribution in [0.1, 0.15) is 16.8 Å². The highest BCUT2D eigenvalue weighted by atomic mass is 35.5. The van der Waals surface area contributed by atoms with E-state index in [0.29, 0.717) is 11.1 Å². The fraction of sp³-hybridized carbons (Fsp3) is 0.167. The van der Waals surface area contributed by atoms with Gasteiger partial charge < -0.3 is 5.11 Å². The number of fused-ring (bicyclic) bond motifs is 1. The Morgan fingerprint density at radius 3 is 2.58 bits per heavy atom. The first kappa shape index (κ1) is 18.4. The van der Waals surface area contributed by atoms with E-state index in [9.17, 15) is 17.6 Å². The average Bonchev–Trinajstić information content (AvgIpc) is 2.92. The number of aromatic nitrogens is 2. The van der Waals surface area contributed by atoms with Gasteiger partial charge in [-0.05, 0) is 36.4 Å². The molecular formula is C18H13ClF4N2O. The van der Waals surface area contributed by atoms with Crippen LogP contribution in [-0.2, 0) is 12.7 Å². The topological polar surface area (TPSA) is 38.1 Å². The average molecular weight is 385 g/mol. The molecule has 0 aliphatic carbocycles. The molecule has 0 atom stereocenters. The summed E-state index contributed by atoms with van der Waals surface area (Å²) < 4.78 is 54.5. The molecule has 1 heterocycles. The molecule has 0 saturated heterocycles. The fourth-order valence-electron chi connectivity index (χ4n) is 2.60. The maximum absolute atomic E-state index is 14.1. The Bertz CT molecular complexity index is 979. The highest BCUT2D eigenvalue weighted by Crippen LogP contribution is 2.33. The summed E-state index contributed by atoms with van der Waals surface area (Å²) in [4.78, 5) is 0. The standard InChI is InChI=1S/C18H13ClF4N2O/c19-13-5-3-11(15(20)9-13)10-25-17-8-12(18(21,22)23)4-6-14(17)16(24-25)2-1-7-26/h1-6,8-9,26H,7,10H2. The Labute approximate surface area is 151 Å². The first-order valence-corrected chi connectivity index (χ1v) is 7.96. The molecule has 0 aliphatic heterocycles. The number of alkyl halides is 3. The van der Waals surface area contributed by atoms with Crippen LogP contribution in [0, 0.1) is 5.82 Å². The fourth-order valence-corrected chi connectivity index (χ4v) is 2.75. The molecule has 8 heteroatoms. The van der Waals surface area contributed by atoms with Gasteiger partial charge in [0, 0.05) is 16.0 Å². The lowest BCUT2D eigenvalue weighted by Gasteiger charge is -2.09. The smallest absolute Gasteiger partial charge is 0.392 e. The quantitative estimate of drug-likeness (QED) is 0.650. The number of nitrogens with zero attached hydrogens (tertiary/aromatic N) is 2. The Morgan fingerprint density at radius 1 is 1.15 bits per heavy atom. The number of hydrogen-bond acceptors (Lipinski definition) is 2. The molecule has 3 nitrogen and oxygen atoms in total. The largest absolute Gasteiger partial charge is 0.416 e. The summed E-state index contributed by atoms with van der Waals surface area (Å²) in [5.74, 6) is -0.569. The van der Waals surface area contributed by atoms with Crippen molar-refractivity contribution in [1.82, 2.24) is 9.78 Å². The van der Waals surface area contributed by atoms with Crippen molar-refractivity contribution in [2.45, 2.75) is 12.7 Å². The summed E-state index contributed by atoms with van der Waals surface area (Å²) in [6.45, 7) is -0.297. The van der Waals surface area contributed by atoms with E-state index in [1.807, 2.05) is 0 Å². The third kappa shape index (κ3) is 3.73. The minimum atomic E-state index is -4.50. The molecule has 0 aliphatic rings. The highest BCUT2D eigenvalue weighted by Gasteiger charge is 2.31. The Morgan fingerprint density at radius 2 is 1.92 bits per heavy atom. The zero-order chi connectivity index (χ0) is 18.9. The van der Waals surface area contributed by atoms with Gasteiger partial charge in [-0.25, -0.2) is 4.39 Å². The molecule has 2 aromatic carbocycles. The summed E-state index contributed by atoms with van der Waals surface area (Å²) in [5, 5.41) is 13.9. The normalized spacial score (nSPS) is 12.4. The second kappa shape index (κ2) is 7.09. The Kier molecular flexibility index (Phi) is 5.02. The van der Waals surface area contributed by atoms with Crippen molar-refractivity contribution >= 4 is 28.6 Å². The van der Waals surface area contributed by atoms with Gasteiger partial charge >= 0.3 is 6.18 Å². The second-order valence-corrected chi connectivity index (χ2v) is 6.03. The lowest BCUT2D eigenvalue weighted by atomic mass is 10.1. The van der Waals surface area contributed by atoms with Crippen LogP contribution < -0.4 is 0 Å². The molecule has 26 heavy (non-hydrogen) atoms. The summed E-state index contributed by atoms with van der Waals surface area (Å²) in [6.07, 6.45) is -1.58. The first-order chi connectivity index (χ1) is 12.3. The molecule has 1 aromatic heterocycles. The van der Waals surface area contributed by atoms with E-state index in [1.165, 1.54) is 35.0 Å². The van der Waals surface area contributed by atoms with Gasteiger partial charge in [0.05, 0.1) is 29.9 Å². The molecular weight excluding hydrogens is 372 g/mol. The van der Waals surface area contributed by atoms with Gasteiger partial charge in [-0.3, -0.25) is 4.68 Å². The molecule has 0 unspecified atom stereocenters. The van der Waals surface area contributed by atoms with Crippen LogP contribution in [-0.4, -0.2) is 21.5 Å². The van der Waals surface area contributed by atoms with E-state index in [4.69, 9.17) is 16.7 Å². The maximum Gasteiger partial charge on any atom is 0.416 e. The molecule has 136 valence electrons. The van der Waals surface area contributed by atoms with E-state index in [-0.39, 0.29) is 29.3 Å². The third-order valence-corrected chi connectivity index (χ3v) is 4.06. The van der Waals surface area contributed by atoms with Gasteiger partial charge in [-0.15, -0.1) is 0 Å². The van der Waals surface area contributed by atoms with Gasteiger partial charge in [0.15, 0.2) is 0 Å². The van der Waals surface area contributed by atoms with Gasteiger partial charge in [0.2, 0.25) is 0 Å². The predicted molar refractivity (Wildman–Crippen MR) is 91.4 cm³/mol. The Balaban J connectivity index is 2.14. The number of hydrogen-bond donors (Lipinski definition) is 1. The SMILES string of the molecule is OCC=Cc1nn(Cc2ccc(Cl)cc2F)c2cc(C(F)(F)F)ccc12. The number of benzene rings is 2. The molecule has 0 fully saturated rings. The van der Waals surface area contributed by atoms with E-state index in [1.54, 1.807) is 0 Å². The minimum absolute atomic E-state index is 0.0617. The van der Waals surface area contributed by atoms with E-state index in [0.717, 1.165) is 18.2 Å². The van der Waals surface area contributed by atoms with E-state index in [2.05, 4.69) is 5.10 Å². The second-order valence-electron chi connectivity index (χ2n) is 5.59. The lowest BCUT2D eigenvalue weighted by molar-refractivity contribution is -0.137. The van der Waals surface area contributed by atoms with Crippen molar-refractivity contribution in [3.8, 4) is 0 Å². The molecule has 0 saturated carbocycles.